The van der Waals surface area contributed by atoms with Gasteiger partial charge in [-0.3, -0.25) is 24.0 Å². The van der Waals surface area contributed by atoms with Gasteiger partial charge in [0.1, 0.15) is 22.9 Å². The topological polar surface area (TPSA) is 137 Å². The smallest absolute Gasteiger partial charge is 0.268 e. The Kier molecular flexibility index (Phi) is 10.0. The van der Waals surface area contributed by atoms with Crippen LogP contribution in [-0.2, 0) is 11.2 Å². The number of hydrogen-bond acceptors (Lipinski definition) is 10. The molecule has 0 saturated carbocycles. The molecule has 4 heterocycles. The fourth-order valence-corrected chi connectivity index (χ4v) is 6.46. The Morgan fingerprint density at radius 3 is 2.64 bits per heavy atom. The minimum atomic E-state index is -0.760. The molecule has 12 heteroatoms. The van der Waals surface area contributed by atoms with Gasteiger partial charge in [-0.2, -0.15) is 0 Å². The van der Waals surface area contributed by atoms with Crippen molar-refractivity contribution < 1.29 is 28.8 Å². The molecule has 1 unspecified atom stereocenters. The zero-order valence-corrected chi connectivity index (χ0v) is 27.8. The van der Waals surface area contributed by atoms with Crippen molar-refractivity contribution in [3.63, 3.8) is 0 Å². The highest BCUT2D eigenvalue weighted by Gasteiger charge is 2.27. The van der Waals surface area contributed by atoms with Crippen molar-refractivity contribution in [3.8, 4) is 28.7 Å². The van der Waals surface area contributed by atoms with Gasteiger partial charge in [0.25, 0.3) is 11.5 Å². The number of aliphatic hydroxyl groups is 1. The fourth-order valence-electron chi connectivity index (χ4n) is 6.46. The van der Waals surface area contributed by atoms with E-state index in [1.165, 1.54) is 16.8 Å². The third-order valence-corrected chi connectivity index (χ3v) is 9.02. The monoisotopic (exact) mass is 677 g/mol. The zero-order chi connectivity index (χ0) is 34.5. The fraction of sp³-hybridized carbons (Fsp3) is 0.316. The van der Waals surface area contributed by atoms with Crippen molar-refractivity contribution >= 4 is 22.6 Å². The standard InChI is InChI=1S/C38H39N5O7/c1-47-34-22-27-30(23-35(34)49-18-6-15-42-16-19-48-20-17-42)39-14-13-33(27)50-26-11-12-36(40-24-26)41-37(45)29-21-28-31(9-5-10-32(28)44)43(38(29)46)25-7-3-2-4-8-25/h2-4,7-8,11-14,21-24,32,44H,5-6,9-10,15-20H2,1H3,(H,40,41,45). The van der Waals surface area contributed by atoms with Crippen LogP contribution >= 0.6 is 0 Å². The first kappa shape index (κ1) is 33.2. The van der Waals surface area contributed by atoms with Crippen molar-refractivity contribution in [2.45, 2.75) is 31.8 Å². The van der Waals surface area contributed by atoms with Crippen LogP contribution in [0.25, 0.3) is 16.6 Å². The normalized spacial score (nSPS) is 16.1. The van der Waals surface area contributed by atoms with Crippen molar-refractivity contribution in [1.29, 1.82) is 0 Å². The van der Waals surface area contributed by atoms with Gasteiger partial charge >= 0.3 is 0 Å². The minimum Gasteiger partial charge on any atom is -0.493 e. The number of nitrogens with zero attached hydrogens (tertiary/aromatic N) is 4. The van der Waals surface area contributed by atoms with Crippen LogP contribution in [0.15, 0.2) is 83.9 Å². The Bertz CT molecular complexity index is 2030. The number of morpholine rings is 1. The second-order valence-corrected chi connectivity index (χ2v) is 12.3. The summed E-state index contributed by atoms with van der Waals surface area (Å²) in [7, 11) is 1.60. The van der Waals surface area contributed by atoms with Crippen LogP contribution in [0.5, 0.6) is 23.0 Å². The molecule has 2 aromatic carbocycles. The van der Waals surface area contributed by atoms with E-state index >= 15 is 0 Å². The highest BCUT2D eigenvalue weighted by atomic mass is 16.5. The van der Waals surface area contributed by atoms with E-state index in [1.807, 2.05) is 42.5 Å². The number of amides is 1. The Balaban J connectivity index is 1.05. The molecule has 1 saturated heterocycles. The molecule has 12 nitrogen and oxygen atoms in total. The van der Waals surface area contributed by atoms with E-state index in [0.717, 1.165) is 56.8 Å². The van der Waals surface area contributed by atoms with Gasteiger partial charge < -0.3 is 29.4 Å². The molecule has 1 aliphatic carbocycles. The predicted octanol–water partition coefficient (Wildman–Crippen LogP) is 5.30. The van der Waals surface area contributed by atoms with Crippen LogP contribution in [0, 0.1) is 0 Å². The lowest BCUT2D eigenvalue weighted by Gasteiger charge is -2.26. The molecule has 2 N–H and O–H groups in total. The number of nitrogens with one attached hydrogen (secondary N) is 1. The van der Waals surface area contributed by atoms with Gasteiger partial charge in [-0.1, -0.05) is 18.2 Å². The lowest BCUT2D eigenvalue weighted by atomic mass is 9.91. The van der Waals surface area contributed by atoms with E-state index < -0.39 is 17.6 Å². The number of para-hydroxylation sites is 1. The number of benzene rings is 2. The number of hydrogen-bond donors (Lipinski definition) is 2. The van der Waals surface area contributed by atoms with Gasteiger partial charge in [-0.15, -0.1) is 0 Å². The van der Waals surface area contributed by atoms with Crippen molar-refractivity contribution in [1.82, 2.24) is 19.4 Å². The molecule has 5 aromatic rings. The van der Waals surface area contributed by atoms with Crippen LogP contribution in [0.1, 0.15) is 47.0 Å². The van der Waals surface area contributed by atoms with Crippen molar-refractivity contribution in [3.05, 3.63) is 106 Å². The third kappa shape index (κ3) is 7.18. The van der Waals surface area contributed by atoms with Crippen LogP contribution in [0.2, 0.25) is 0 Å². The minimum absolute atomic E-state index is 0.0756. The molecular weight excluding hydrogens is 638 g/mol. The molecule has 1 atom stereocenters. The van der Waals surface area contributed by atoms with E-state index in [9.17, 15) is 14.7 Å². The van der Waals surface area contributed by atoms with Gasteiger partial charge in [0.2, 0.25) is 0 Å². The zero-order valence-electron chi connectivity index (χ0n) is 27.8. The molecule has 0 spiro atoms. The van der Waals surface area contributed by atoms with Crippen LogP contribution < -0.4 is 25.1 Å². The maximum atomic E-state index is 13.7. The maximum absolute atomic E-state index is 13.7. The molecule has 7 rings (SSSR count). The van der Waals surface area contributed by atoms with E-state index in [0.29, 0.717) is 59.2 Å². The number of aliphatic hydroxyl groups excluding tert-OH is 1. The van der Waals surface area contributed by atoms with Crippen molar-refractivity contribution in [2.24, 2.45) is 0 Å². The van der Waals surface area contributed by atoms with E-state index in [4.69, 9.17) is 18.9 Å². The van der Waals surface area contributed by atoms with E-state index in [2.05, 4.69) is 20.2 Å². The first-order valence-corrected chi connectivity index (χ1v) is 16.9. The predicted molar refractivity (Wildman–Crippen MR) is 188 cm³/mol. The Morgan fingerprint density at radius 1 is 1.02 bits per heavy atom. The van der Waals surface area contributed by atoms with Gasteiger partial charge in [0.15, 0.2) is 11.5 Å². The summed E-state index contributed by atoms with van der Waals surface area (Å²) in [5, 5.41) is 14.2. The summed E-state index contributed by atoms with van der Waals surface area (Å²) in [4.78, 5) is 38.4. The molecule has 0 bridgehead atoms. The van der Waals surface area contributed by atoms with E-state index in [-0.39, 0.29) is 11.4 Å². The summed E-state index contributed by atoms with van der Waals surface area (Å²) in [5.41, 5.74) is 2.10. The number of pyridine rings is 3. The quantitative estimate of drug-likeness (QED) is 0.177. The third-order valence-electron chi connectivity index (χ3n) is 9.02. The van der Waals surface area contributed by atoms with Crippen molar-refractivity contribution in [2.75, 3.05) is 51.9 Å². The van der Waals surface area contributed by atoms with Gasteiger partial charge in [0, 0.05) is 54.2 Å². The Morgan fingerprint density at radius 2 is 1.86 bits per heavy atom. The van der Waals surface area contributed by atoms with Gasteiger partial charge in [-0.25, -0.2) is 4.98 Å². The highest BCUT2D eigenvalue weighted by Crippen LogP contribution is 2.37. The lowest BCUT2D eigenvalue weighted by Crippen LogP contribution is -2.37. The molecule has 1 amide bonds. The average molecular weight is 678 g/mol. The first-order valence-electron chi connectivity index (χ1n) is 16.9. The number of carbonyl (C=O) groups excluding carboxylic acids is 1. The molecule has 1 aliphatic heterocycles. The maximum Gasteiger partial charge on any atom is 0.268 e. The van der Waals surface area contributed by atoms with Gasteiger partial charge in [-0.05, 0) is 68.1 Å². The SMILES string of the molecule is COc1cc2c(Oc3ccc(NC(=O)c4cc5c(n(-c6ccccc6)c4=O)CCCC5O)nc3)ccnc2cc1OCCCN1CCOCC1. The van der Waals surface area contributed by atoms with Crippen LogP contribution in [0.4, 0.5) is 5.82 Å². The van der Waals surface area contributed by atoms with Crippen LogP contribution in [0.3, 0.4) is 0 Å². The average Bonchev–Trinajstić information content (AvgIpc) is 3.14. The van der Waals surface area contributed by atoms with Gasteiger partial charge in [0.05, 0.1) is 44.7 Å². The summed E-state index contributed by atoms with van der Waals surface area (Å²) in [6.45, 7) is 4.91. The Labute approximate surface area is 289 Å². The number of fused-ring (bicyclic) bond motifs is 2. The summed E-state index contributed by atoms with van der Waals surface area (Å²) >= 11 is 0. The molecule has 2 aliphatic rings. The number of anilines is 1. The number of rotatable bonds is 11. The summed E-state index contributed by atoms with van der Waals surface area (Å²) in [6.07, 6.45) is 5.21. The van der Waals surface area contributed by atoms with Crippen LogP contribution in [-0.4, -0.2) is 77.0 Å². The summed E-state index contributed by atoms with van der Waals surface area (Å²) in [5.74, 6) is 1.77. The Hall–Kier alpha value is -5.30. The molecule has 258 valence electrons. The summed E-state index contributed by atoms with van der Waals surface area (Å²) in [6, 6.07) is 19.4. The molecule has 0 radical (unpaired) electrons. The second-order valence-electron chi connectivity index (χ2n) is 12.3. The number of carbonyl (C=O) groups is 1. The highest BCUT2D eigenvalue weighted by molar-refractivity contribution is 6.03. The first-order chi connectivity index (χ1) is 24.5. The second kappa shape index (κ2) is 15.1. The molecular formula is C38H39N5O7. The molecule has 50 heavy (non-hydrogen) atoms. The number of aromatic nitrogens is 3. The number of methoxy groups -OCH3 is 1. The van der Waals surface area contributed by atoms with E-state index in [1.54, 1.807) is 31.5 Å². The number of ether oxygens (including phenoxy) is 4. The largest absolute Gasteiger partial charge is 0.493 e. The molecule has 1 fully saturated rings. The lowest BCUT2D eigenvalue weighted by molar-refractivity contribution is 0.0357. The summed E-state index contributed by atoms with van der Waals surface area (Å²) < 4.78 is 24.9. The molecule has 3 aromatic heterocycles.